The number of rotatable bonds is 10. The quantitative estimate of drug-likeness (QED) is 0.524. The van der Waals surface area contributed by atoms with Crippen LogP contribution in [0.4, 0.5) is 0 Å². The van der Waals surface area contributed by atoms with Crippen molar-refractivity contribution in [1.82, 2.24) is 10.6 Å². The number of amides is 1. The average molecular weight is 285 g/mol. The Hall–Kier alpha value is -0.940. The third kappa shape index (κ3) is 6.48. The summed E-state index contributed by atoms with van der Waals surface area (Å²) in [6.45, 7) is 8.30. The van der Waals surface area contributed by atoms with Crippen LogP contribution in [0.2, 0.25) is 0 Å². The molecule has 0 heterocycles. The van der Waals surface area contributed by atoms with Crippen LogP contribution in [0.25, 0.3) is 0 Å². The molecule has 0 bridgehead atoms. The van der Waals surface area contributed by atoms with Crippen molar-refractivity contribution >= 4 is 11.7 Å². The smallest absolute Gasteiger partial charge is 0.237 e. The fourth-order valence-electron chi connectivity index (χ4n) is 2.21. The number of unbranched alkanes of at least 4 members (excludes halogenated alkanes) is 1. The van der Waals surface area contributed by atoms with Crippen molar-refractivity contribution in [2.75, 3.05) is 13.6 Å². The van der Waals surface area contributed by atoms with Gasteiger partial charge < -0.3 is 16.4 Å². The zero-order chi connectivity index (χ0) is 15.7. The fourth-order valence-corrected chi connectivity index (χ4v) is 2.21. The number of nitrogens with one attached hydrogen (secondary N) is 2. The van der Waals surface area contributed by atoms with Crippen molar-refractivity contribution in [3.63, 3.8) is 0 Å². The van der Waals surface area contributed by atoms with Crippen molar-refractivity contribution in [3.05, 3.63) is 0 Å². The number of nitrogens with two attached hydrogens (primary N) is 1. The van der Waals surface area contributed by atoms with Gasteiger partial charge in [-0.15, -0.1) is 0 Å². The normalized spacial score (nSPS) is 14.4. The lowest BCUT2D eigenvalue weighted by molar-refractivity contribution is -0.131. The molecule has 0 fully saturated rings. The van der Waals surface area contributed by atoms with E-state index in [0.29, 0.717) is 13.0 Å². The number of ketones is 1. The van der Waals surface area contributed by atoms with E-state index in [9.17, 15) is 9.59 Å². The largest absolute Gasteiger partial charge is 0.345 e. The van der Waals surface area contributed by atoms with Crippen LogP contribution < -0.4 is 16.4 Å². The standard InChI is InChI=1S/C15H31N3O2/c1-10(2)13(17-5)15(20)18-12(8-6-7-9-16)14(19)11(3)4/h10-13,17H,6-9,16H2,1-5H3,(H,18,20)/t12-,13-/m0/s1. The van der Waals surface area contributed by atoms with Gasteiger partial charge in [-0.05, 0) is 38.8 Å². The Morgan fingerprint density at radius 2 is 1.70 bits per heavy atom. The predicted octanol–water partition coefficient (Wildman–Crippen LogP) is 1.07. The summed E-state index contributed by atoms with van der Waals surface area (Å²) in [5, 5.41) is 5.90. The van der Waals surface area contributed by atoms with Crippen molar-refractivity contribution in [3.8, 4) is 0 Å². The summed E-state index contributed by atoms with van der Waals surface area (Å²) in [4.78, 5) is 24.4. The Bertz CT molecular complexity index is 303. The first-order chi connectivity index (χ1) is 9.34. The summed E-state index contributed by atoms with van der Waals surface area (Å²) in [7, 11) is 1.76. The molecule has 0 unspecified atom stereocenters. The summed E-state index contributed by atoms with van der Waals surface area (Å²) in [6, 6.07) is -0.671. The maximum atomic E-state index is 12.2. The molecule has 5 nitrogen and oxygen atoms in total. The third-order valence-electron chi connectivity index (χ3n) is 3.44. The summed E-state index contributed by atoms with van der Waals surface area (Å²) in [5.41, 5.74) is 5.48. The molecule has 0 aromatic rings. The van der Waals surface area contributed by atoms with Crippen LogP contribution in [0.15, 0.2) is 0 Å². The Morgan fingerprint density at radius 3 is 2.10 bits per heavy atom. The van der Waals surface area contributed by atoms with Crippen LogP contribution in [0.5, 0.6) is 0 Å². The van der Waals surface area contributed by atoms with E-state index in [-0.39, 0.29) is 29.6 Å². The average Bonchev–Trinajstić information content (AvgIpc) is 2.37. The minimum Gasteiger partial charge on any atom is -0.345 e. The van der Waals surface area contributed by atoms with Gasteiger partial charge in [0.25, 0.3) is 0 Å². The zero-order valence-electron chi connectivity index (χ0n) is 13.5. The lowest BCUT2D eigenvalue weighted by Crippen LogP contribution is -2.52. The van der Waals surface area contributed by atoms with Crippen LogP contribution in [0, 0.1) is 11.8 Å². The van der Waals surface area contributed by atoms with Crippen molar-refractivity contribution in [2.45, 2.75) is 59.0 Å². The highest BCUT2D eigenvalue weighted by Crippen LogP contribution is 2.09. The molecule has 0 saturated carbocycles. The van der Waals surface area contributed by atoms with Gasteiger partial charge in [-0.3, -0.25) is 9.59 Å². The minimum absolute atomic E-state index is 0.0785. The first kappa shape index (κ1) is 19.1. The van der Waals surface area contributed by atoms with Crippen LogP contribution in [0.3, 0.4) is 0 Å². The van der Waals surface area contributed by atoms with E-state index in [1.54, 1.807) is 7.05 Å². The van der Waals surface area contributed by atoms with Crippen molar-refractivity contribution in [2.24, 2.45) is 17.6 Å². The molecule has 1 amide bonds. The highest BCUT2D eigenvalue weighted by molar-refractivity contribution is 5.91. The molecule has 0 aliphatic rings. The molecule has 0 spiro atoms. The molecule has 0 aliphatic heterocycles. The van der Waals surface area contributed by atoms with E-state index >= 15 is 0 Å². The maximum Gasteiger partial charge on any atom is 0.237 e. The molecular formula is C15H31N3O2. The number of hydrogen-bond donors (Lipinski definition) is 3. The number of likely N-dealkylation sites (N-methyl/N-ethyl adjacent to an activating group) is 1. The summed E-state index contributed by atoms with van der Waals surface area (Å²) in [6.07, 6.45) is 2.39. The second-order valence-corrected chi connectivity index (χ2v) is 5.91. The van der Waals surface area contributed by atoms with Gasteiger partial charge in [0, 0.05) is 5.92 Å². The minimum atomic E-state index is -0.399. The van der Waals surface area contributed by atoms with E-state index in [0.717, 1.165) is 12.8 Å². The summed E-state index contributed by atoms with van der Waals surface area (Å²) >= 11 is 0. The van der Waals surface area contributed by atoms with Crippen molar-refractivity contribution in [1.29, 1.82) is 0 Å². The van der Waals surface area contributed by atoms with E-state index in [4.69, 9.17) is 5.73 Å². The summed E-state index contributed by atoms with van der Waals surface area (Å²) < 4.78 is 0. The monoisotopic (exact) mass is 285 g/mol. The van der Waals surface area contributed by atoms with E-state index < -0.39 is 6.04 Å². The SMILES string of the molecule is CN[C@H](C(=O)N[C@@H](CCCCN)C(=O)C(C)C)C(C)C. The van der Waals surface area contributed by atoms with Crippen LogP contribution >= 0.6 is 0 Å². The van der Waals surface area contributed by atoms with Crippen LogP contribution in [-0.4, -0.2) is 37.4 Å². The maximum absolute atomic E-state index is 12.2. The summed E-state index contributed by atoms with van der Waals surface area (Å²) in [5.74, 6) is 0.0901. The molecule has 4 N–H and O–H groups in total. The molecule has 5 heteroatoms. The number of carbonyl (C=O) groups is 2. The number of carbonyl (C=O) groups excluding carboxylic acids is 2. The second-order valence-electron chi connectivity index (χ2n) is 5.91. The highest BCUT2D eigenvalue weighted by Gasteiger charge is 2.27. The molecule has 0 radical (unpaired) electrons. The lowest BCUT2D eigenvalue weighted by atomic mass is 9.96. The molecule has 0 rings (SSSR count). The van der Waals surface area contributed by atoms with E-state index in [2.05, 4.69) is 10.6 Å². The molecule has 118 valence electrons. The van der Waals surface area contributed by atoms with Gasteiger partial charge in [0.15, 0.2) is 5.78 Å². The van der Waals surface area contributed by atoms with Gasteiger partial charge in [0.05, 0.1) is 12.1 Å². The van der Waals surface area contributed by atoms with Crippen LogP contribution in [-0.2, 0) is 9.59 Å². The van der Waals surface area contributed by atoms with Crippen LogP contribution in [0.1, 0.15) is 47.0 Å². The highest BCUT2D eigenvalue weighted by atomic mass is 16.2. The second kappa shape index (κ2) is 9.88. The van der Waals surface area contributed by atoms with Gasteiger partial charge >= 0.3 is 0 Å². The van der Waals surface area contributed by atoms with E-state index in [1.807, 2.05) is 27.7 Å². The Morgan fingerprint density at radius 1 is 1.10 bits per heavy atom. The molecule has 20 heavy (non-hydrogen) atoms. The molecule has 0 aromatic heterocycles. The molecular weight excluding hydrogens is 254 g/mol. The molecule has 0 saturated heterocycles. The van der Waals surface area contributed by atoms with Crippen molar-refractivity contribution < 1.29 is 9.59 Å². The van der Waals surface area contributed by atoms with Gasteiger partial charge in [0.1, 0.15) is 0 Å². The molecule has 2 atom stereocenters. The fraction of sp³-hybridized carbons (Fsp3) is 0.867. The Labute approximate surface area is 123 Å². The Balaban J connectivity index is 4.69. The number of hydrogen-bond acceptors (Lipinski definition) is 4. The first-order valence-electron chi connectivity index (χ1n) is 7.56. The van der Waals surface area contributed by atoms with Gasteiger partial charge in [-0.2, -0.15) is 0 Å². The van der Waals surface area contributed by atoms with Gasteiger partial charge in [-0.25, -0.2) is 0 Å². The predicted molar refractivity (Wildman–Crippen MR) is 82.4 cm³/mol. The molecule has 0 aliphatic carbocycles. The van der Waals surface area contributed by atoms with Gasteiger partial charge in [-0.1, -0.05) is 27.7 Å². The van der Waals surface area contributed by atoms with Gasteiger partial charge in [0.2, 0.25) is 5.91 Å². The topological polar surface area (TPSA) is 84.2 Å². The first-order valence-corrected chi connectivity index (χ1v) is 7.56. The molecule has 0 aromatic carbocycles. The third-order valence-corrected chi connectivity index (χ3v) is 3.44. The zero-order valence-corrected chi connectivity index (χ0v) is 13.5. The lowest BCUT2D eigenvalue weighted by Gasteiger charge is -2.24. The Kier molecular flexibility index (Phi) is 9.42. The van der Waals surface area contributed by atoms with E-state index in [1.165, 1.54) is 0 Å². The number of Topliss-reactive ketones (excluding diaryl/α,β-unsaturated/α-hetero) is 1.